The fourth-order valence-corrected chi connectivity index (χ4v) is 4.38. The molecule has 0 unspecified atom stereocenters. The van der Waals surface area contributed by atoms with Crippen molar-refractivity contribution < 1.29 is 14.2 Å². The van der Waals surface area contributed by atoms with E-state index in [1.165, 1.54) is 30.5 Å². The van der Waals surface area contributed by atoms with E-state index < -0.39 is 6.10 Å². The number of hydrogen-bond donors (Lipinski definition) is 2. The third-order valence-electron chi connectivity index (χ3n) is 5.37. The molecule has 2 N–H and O–H groups in total. The first kappa shape index (κ1) is 19.3. The molecule has 0 radical (unpaired) electrons. The van der Waals surface area contributed by atoms with Crippen LogP contribution in [0, 0.1) is 18.7 Å². The smallest absolute Gasteiger partial charge is 0.276 e. The van der Waals surface area contributed by atoms with Gasteiger partial charge in [0, 0.05) is 52.6 Å². The Morgan fingerprint density at radius 2 is 2.18 bits per heavy atom. The second-order valence-corrected chi connectivity index (χ2v) is 8.57. The molecule has 7 heteroatoms. The molecule has 0 bridgehead atoms. The van der Waals surface area contributed by atoms with Gasteiger partial charge < -0.3 is 5.11 Å². The van der Waals surface area contributed by atoms with Gasteiger partial charge in [0.25, 0.3) is 4.60 Å². The van der Waals surface area contributed by atoms with Gasteiger partial charge in [-0.1, -0.05) is 0 Å². The number of nitrogens with zero attached hydrogens (tertiary/aromatic N) is 3. The van der Waals surface area contributed by atoms with Crippen molar-refractivity contribution in [2.75, 3.05) is 0 Å². The largest absolute Gasteiger partial charge is 0.389 e. The summed E-state index contributed by atoms with van der Waals surface area (Å²) in [5.41, 5.74) is 5.44. The molecule has 0 saturated heterocycles. The summed E-state index contributed by atoms with van der Waals surface area (Å²) in [6.07, 6.45) is 4.51. The average Bonchev–Trinajstić information content (AvgIpc) is 3.32. The zero-order valence-electron chi connectivity index (χ0n) is 16.3. The fraction of sp³-hybridized carbons (Fsp3) is 0.429. The molecule has 2 aromatic heterocycles. The van der Waals surface area contributed by atoms with Crippen molar-refractivity contribution in [3.63, 3.8) is 0 Å². The van der Waals surface area contributed by atoms with E-state index in [0.717, 1.165) is 39.6 Å². The number of aliphatic hydroxyl groups is 1. The average molecular weight is 448 g/mol. The predicted molar refractivity (Wildman–Crippen MR) is 108 cm³/mol. The van der Waals surface area contributed by atoms with Crippen LogP contribution in [0.25, 0.3) is 11.3 Å². The molecule has 0 spiro atoms. The van der Waals surface area contributed by atoms with Gasteiger partial charge in [0.05, 0.1) is 23.1 Å². The lowest BCUT2D eigenvalue weighted by molar-refractivity contribution is -0.762. The van der Waals surface area contributed by atoms with Crippen molar-refractivity contribution in [3.05, 3.63) is 57.2 Å². The molecule has 4 rings (SSSR count). The van der Waals surface area contributed by atoms with E-state index >= 15 is 0 Å². The molecule has 0 amide bonds. The van der Waals surface area contributed by atoms with E-state index in [1.807, 2.05) is 13.2 Å². The molecule has 0 aliphatic heterocycles. The summed E-state index contributed by atoms with van der Waals surface area (Å²) in [6.45, 7) is 4.73. The van der Waals surface area contributed by atoms with Gasteiger partial charge in [0.2, 0.25) is 0 Å². The van der Waals surface area contributed by atoms with Crippen LogP contribution in [-0.4, -0.2) is 20.0 Å². The van der Waals surface area contributed by atoms with Gasteiger partial charge in [0.15, 0.2) is 6.54 Å². The van der Waals surface area contributed by atoms with Crippen LogP contribution in [0.3, 0.4) is 0 Å². The quantitative estimate of drug-likeness (QED) is 0.561. The zero-order chi connectivity index (χ0) is 20.0. The molecule has 1 aliphatic carbocycles. The summed E-state index contributed by atoms with van der Waals surface area (Å²) in [4.78, 5) is 0. The SMILES string of the molecule is Cc1[nH][n+](CC2CC2)c(Br)c1Cc1cn(C)nc1-c1ccc(F)cc1[C@@H](C)O. The number of halogens is 2. The van der Waals surface area contributed by atoms with Crippen LogP contribution in [0.5, 0.6) is 0 Å². The van der Waals surface area contributed by atoms with Crippen molar-refractivity contribution in [2.45, 2.75) is 45.8 Å². The highest BCUT2D eigenvalue weighted by molar-refractivity contribution is 9.10. The molecular formula is C21H25BrFN4O+. The Morgan fingerprint density at radius 3 is 2.86 bits per heavy atom. The van der Waals surface area contributed by atoms with Gasteiger partial charge in [-0.15, -0.1) is 4.68 Å². The van der Waals surface area contributed by atoms with Crippen LogP contribution in [0.1, 0.15) is 48.3 Å². The summed E-state index contributed by atoms with van der Waals surface area (Å²) in [6, 6.07) is 4.51. The van der Waals surface area contributed by atoms with Crippen molar-refractivity contribution in [3.8, 4) is 11.3 Å². The van der Waals surface area contributed by atoms with Gasteiger partial charge in [-0.3, -0.25) is 4.68 Å². The maximum atomic E-state index is 13.7. The molecule has 1 aromatic carbocycles. The molecule has 1 atom stereocenters. The first-order valence-electron chi connectivity index (χ1n) is 9.60. The Hall–Kier alpha value is -1.99. The molecular weight excluding hydrogens is 423 g/mol. The van der Waals surface area contributed by atoms with Crippen molar-refractivity contribution in [2.24, 2.45) is 13.0 Å². The van der Waals surface area contributed by atoms with E-state index in [1.54, 1.807) is 17.7 Å². The maximum absolute atomic E-state index is 13.7. The number of hydrogen-bond acceptors (Lipinski definition) is 2. The minimum Gasteiger partial charge on any atom is -0.389 e. The highest BCUT2D eigenvalue weighted by atomic mass is 79.9. The summed E-state index contributed by atoms with van der Waals surface area (Å²) in [5, 5.41) is 18.2. The molecule has 2 heterocycles. The lowest BCUT2D eigenvalue weighted by Crippen LogP contribution is -2.38. The normalized spacial score (nSPS) is 15.2. The van der Waals surface area contributed by atoms with Crippen LogP contribution < -0.4 is 4.68 Å². The van der Waals surface area contributed by atoms with E-state index in [4.69, 9.17) is 0 Å². The second kappa shape index (κ2) is 7.44. The van der Waals surface area contributed by atoms with E-state index in [-0.39, 0.29) is 5.82 Å². The Labute approximate surface area is 172 Å². The minimum atomic E-state index is -0.776. The molecule has 1 fully saturated rings. The third kappa shape index (κ3) is 3.78. The lowest BCUT2D eigenvalue weighted by atomic mass is 9.96. The van der Waals surface area contributed by atoms with E-state index in [0.29, 0.717) is 12.0 Å². The zero-order valence-corrected chi connectivity index (χ0v) is 17.9. The standard InChI is InChI=1S/C21H24BrFN4O/c1-12-18(21(22)27(24-12)10-14-4-5-14)8-15-11-26(3)25-20(15)17-7-6-16(23)9-19(17)13(2)28/h6-7,9,11,13-14,28H,4-5,8,10H2,1-3H3/p+1/t13-/m1/s1. The summed E-state index contributed by atoms with van der Waals surface area (Å²) in [7, 11) is 1.88. The molecule has 1 aliphatic rings. The summed E-state index contributed by atoms with van der Waals surface area (Å²) < 4.78 is 18.8. The van der Waals surface area contributed by atoms with Crippen LogP contribution >= 0.6 is 15.9 Å². The highest BCUT2D eigenvalue weighted by Gasteiger charge is 2.31. The van der Waals surface area contributed by atoms with Gasteiger partial charge in [-0.05, 0) is 50.5 Å². The molecule has 5 nitrogen and oxygen atoms in total. The summed E-state index contributed by atoms with van der Waals surface area (Å²) in [5.74, 6) is 0.413. The molecule has 1 saturated carbocycles. The number of benzene rings is 1. The number of aromatic nitrogens is 4. The van der Waals surface area contributed by atoms with Gasteiger partial charge >= 0.3 is 0 Å². The first-order valence-corrected chi connectivity index (χ1v) is 10.4. The Kier molecular flexibility index (Phi) is 5.14. The van der Waals surface area contributed by atoms with Crippen LogP contribution in [0.2, 0.25) is 0 Å². The van der Waals surface area contributed by atoms with Crippen LogP contribution in [0.15, 0.2) is 29.0 Å². The number of nitrogens with one attached hydrogen (secondary N) is 1. The lowest BCUT2D eigenvalue weighted by Gasteiger charge is -2.12. The highest BCUT2D eigenvalue weighted by Crippen LogP contribution is 2.33. The molecule has 28 heavy (non-hydrogen) atoms. The number of rotatable bonds is 6. The first-order chi connectivity index (χ1) is 13.3. The Bertz CT molecular complexity index is 1020. The third-order valence-corrected chi connectivity index (χ3v) is 6.28. The van der Waals surface area contributed by atoms with E-state index in [9.17, 15) is 9.50 Å². The summed E-state index contributed by atoms with van der Waals surface area (Å²) >= 11 is 3.77. The Morgan fingerprint density at radius 1 is 1.43 bits per heavy atom. The minimum absolute atomic E-state index is 0.359. The predicted octanol–water partition coefficient (Wildman–Crippen LogP) is 3.97. The van der Waals surface area contributed by atoms with Crippen LogP contribution in [0.4, 0.5) is 4.39 Å². The number of aromatic amines is 1. The van der Waals surface area contributed by atoms with Crippen molar-refractivity contribution in [1.29, 1.82) is 0 Å². The molecule has 3 aromatic rings. The number of aryl methyl sites for hydroxylation is 2. The fourth-order valence-electron chi connectivity index (χ4n) is 3.71. The van der Waals surface area contributed by atoms with Gasteiger partial charge in [0.1, 0.15) is 5.82 Å². The van der Waals surface area contributed by atoms with Crippen molar-refractivity contribution in [1.82, 2.24) is 14.9 Å². The van der Waals surface area contributed by atoms with Crippen LogP contribution in [-0.2, 0) is 20.0 Å². The number of aliphatic hydroxyl groups excluding tert-OH is 1. The number of H-pyrrole nitrogens is 1. The van der Waals surface area contributed by atoms with Gasteiger partial charge in [-0.2, -0.15) is 10.2 Å². The monoisotopic (exact) mass is 447 g/mol. The van der Waals surface area contributed by atoms with Crippen molar-refractivity contribution >= 4 is 15.9 Å². The van der Waals surface area contributed by atoms with E-state index in [2.05, 4.69) is 37.7 Å². The second-order valence-electron chi connectivity index (χ2n) is 7.82. The topological polar surface area (TPSA) is 57.7 Å². The molecule has 148 valence electrons. The maximum Gasteiger partial charge on any atom is 0.276 e. The van der Waals surface area contributed by atoms with Gasteiger partial charge in [-0.25, -0.2) is 4.39 Å². The Balaban J connectivity index is 1.73.